The first-order valence-electron chi connectivity index (χ1n) is 5.10. The number of ether oxygens (including phenoxy) is 1. The normalized spacial score (nSPS) is 21.0. The molecular formula is C10H18N2O3. The fourth-order valence-corrected chi connectivity index (χ4v) is 1.79. The van der Waals surface area contributed by atoms with Crippen molar-refractivity contribution in [2.45, 2.75) is 12.8 Å². The van der Waals surface area contributed by atoms with Gasteiger partial charge >= 0.3 is 12.0 Å². The van der Waals surface area contributed by atoms with Crippen LogP contribution in [0.25, 0.3) is 0 Å². The van der Waals surface area contributed by atoms with Gasteiger partial charge in [0.1, 0.15) is 0 Å². The van der Waals surface area contributed by atoms with E-state index in [4.69, 9.17) is 0 Å². The van der Waals surface area contributed by atoms with E-state index in [2.05, 4.69) is 4.74 Å². The Hall–Kier alpha value is -1.26. The van der Waals surface area contributed by atoms with Crippen LogP contribution in [0.1, 0.15) is 12.8 Å². The molecule has 86 valence electrons. The van der Waals surface area contributed by atoms with Gasteiger partial charge in [-0.05, 0) is 12.8 Å². The Morgan fingerprint density at radius 3 is 2.60 bits per heavy atom. The van der Waals surface area contributed by atoms with Crippen molar-refractivity contribution in [3.8, 4) is 0 Å². The van der Waals surface area contributed by atoms with Gasteiger partial charge in [-0.3, -0.25) is 4.79 Å². The summed E-state index contributed by atoms with van der Waals surface area (Å²) in [5.41, 5.74) is 0. The van der Waals surface area contributed by atoms with Crippen LogP contribution in [0.3, 0.4) is 0 Å². The molecule has 1 rings (SSSR count). The molecule has 1 saturated heterocycles. The zero-order valence-corrected chi connectivity index (χ0v) is 9.52. The largest absolute Gasteiger partial charge is 0.469 e. The average molecular weight is 214 g/mol. The van der Waals surface area contributed by atoms with Crippen LogP contribution in [0.5, 0.6) is 0 Å². The summed E-state index contributed by atoms with van der Waals surface area (Å²) in [6, 6.07) is -0.0383. The monoisotopic (exact) mass is 214 g/mol. The highest BCUT2D eigenvalue weighted by Gasteiger charge is 2.29. The van der Waals surface area contributed by atoms with E-state index in [1.165, 1.54) is 12.0 Å². The summed E-state index contributed by atoms with van der Waals surface area (Å²) in [4.78, 5) is 26.2. The molecule has 0 radical (unpaired) electrons. The van der Waals surface area contributed by atoms with E-state index < -0.39 is 0 Å². The smallest absolute Gasteiger partial charge is 0.319 e. The number of piperidine rings is 1. The minimum absolute atomic E-state index is 0.0383. The first kappa shape index (κ1) is 11.8. The summed E-state index contributed by atoms with van der Waals surface area (Å²) in [7, 11) is 4.81. The Morgan fingerprint density at radius 1 is 1.40 bits per heavy atom. The topological polar surface area (TPSA) is 49.9 Å². The molecule has 0 aromatic carbocycles. The van der Waals surface area contributed by atoms with Crippen LogP contribution in [0, 0.1) is 5.92 Å². The van der Waals surface area contributed by atoms with Crippen LogP contribution in [-0.4, -0.2) is 56.1 Å². The standard InChI is InChI=1S/C10H18N2O3/c1-11(2)10(14)12-6-4-5-8(7-12)9(13)15-3/h8H,4-7H2,1-3H3/t8-/m1/s1. The van der Waals surface area contributed by atoms with Gasteiger partial charge in [0.2, 0.25) is 0 Å². The molecule has 0 aromatic rings. The zero-order chi connectivity index (χ0) is 11.4. The van der Waals surface area contributed by atoms with Crippen LogP contribution in [0.2, 0.25) is 0 Å². The first-order chi connectivity index (χ1) is 7.06. The third-order valence-corrected chi connectivity index (χ3v) is 2.61. The molecule has 1 atom stereocenters. The Kier molecular flexibility index (Phi) is 3.94. The quantitative estimate of drug-likeness (QED) is 0.599. The van der Waals surface area contributed by atoms with Crippen LogP contribution in [0.15, 0.2) is 0 Å². The summed E-state index contributed by atoms with van der Waals surface area (Å²) < 4.78 is 4.69. The van der Waals surface area contributed by atoms with Crippen molar-refractivity contribution in [1.82, 2.24) is 9.80 Å². The second kappa shape index (κ2) is 5.00. The fraction of sp³-hybridized carbons (Fsp3) is 0.800. The van der Waals surface area contributed by atoms with Gasteiger partial charge in [0.15, 0.2) is 0 Å². The number of nitrogens with zero attached hydrogens (tertiary/aromatic N) is 2. The van der Waals surface area contributed by atoms with Gasteiger partial charge in [-0.15, -0.1) is 0 Å². The van der Waals surface area contributed by atoms with Crippen molar-refractivity contribution in [2.24, 2.45) is 5.92 Å². The second-order valence-electron chi connectivity index (χ2n) is 3.99. The van der Waals surface area contributed by atoms with Crippen LogP contribution >= 0.6 is 0 Å². The number of hydrogen-bond donors (Lipinski definition) is 0. The van der Waals surface area contributed by atoms with Crippen molar-refractivity contribution in [3.63, 3.8) is 0 Å². The SMILES string of the molecule is COC(=O)[C@@H]1CCCN(C(=O)N(C)C)C1. The van der Waals surface area contributed by atoms with Crippen molar-refractivity contribution in [2.75, 3.05) is 34.3 Å². The van der Waals surface area contributed by atoms with Gasteiger partial charge in [-0.1, -0.05) is 0 Å². The lowest BCUT2D eigenvalue weighted by atomic mass is 9.98. The Balaban J connectivity index is 2.56. The lowest BCUT2D eigenvalue weighted by molar-refractivity contribution is -0.146. The number of urea groups is 1. The molecule has 0 spiro atoms. The predicted octanol–water partition coefficient (Wildman–Crippen LogP) is 0.553. The first-order valence-corrected chi connectivity index (χ1v) is 5.10. The average Bonchev–Trinajstić information content (AvgIpc) is 2.27. The number of carbonyl (C=O) groups is 2. The van der Waals surface area contributed by atoms with Crippen molar-refractivity contribution < 1.29 is 14.3 Å². The molecule has 1 aliphatic heterocycles. The van der Waals surface area contributed by atoms with E-state index in [-0.39, 0.29) is 17.9 Å². The van der Waals surface area contributed by atoms with E-state index in [1.807, 2.05) is 0 Å². The van der Waals surface area contributed by atoms with Crippen molar-refractivity contribution in [3.05, 3.63) is 0 Å². The van der Waals surface area contributed by atoms with E-state index in [0.717, 1.165) is 19.4 Å². The van der Waals surface area contributed by atoms with Crippen LogP contribution in [-0.2, 0) is 9.53 Å². The summed E-state index contributed by atoms with van der Waals surface area (Å²) in [5, 5.41) is 0. The third kappa shape index (κ3) is 2.84. The number of likely N-dealkylation sites (tertiary alicyclic amines) is 1. The van der Waals surface area contributed by atoms with Gasteiger partial charge in [0.25, 0.3) is 0 Å². The number of carbonyl (C=O) groups excluding carboxylic acids is 2. The summed E-state index contributed by atoms with van der Waals surface area (Å²) in [6.45, 7) is 1.20. The Morgan fingerprint density at radius 2 is 2.07 bits per heavy atom. The number of amides is 2. The highest BCUT2D eigenvalue weighted by molar-refractivity contribution is 5.77. The molecule has 0 saturated carbocycles. The van der Waals surface area contributed by atoms with Gasteiger partial charge < -0.3 is 14.5 Å². The molecule has 5 heteroatoms. The molecule has 5 nitrogen and oxygen atoms in total. The number of methoxy groups -OCH3 is 1. The molecular weight excluding hydrogens is 196 g/mol. The number of esters is 1. The molecule has 1 aliphatic rings. The van der Waals surface area contributed by atoms with Crippen molar-refractivity contribution in [1.29, 1.82) is 0 Å². The Bertz CT molecular complexity index is 253. The van der Waals surface area contributed by atoms with Gasteiger partial charge in [0.05, 0.1) is 13.0 Å². The fourth-order valence-electron chi connectivity index (χ4n) is 1.79. The lowest BCUT2D eigenvalue weighted by Gasteiger charge is -2.33. The minimum Gasteiger partial charge on any atom is -0.469 e. The zero-order valence-electron chi connectivity index (χ0n) is 9.52. The second-order valence-corrected chi connectivity index (χ2v) is 3.99. The summed E-state index contributed by atoms with van der Waals surface area (Å²) in [5.74, 6) is -0.376. The molecule has 0 N–H and O–H groups in total. The van der Waals surface area contributed by atoms with Gasteiger partial charge in [-0.2, -0.15) is 0 Å². The molecule has 15 heavy (non-hydrogen) atoms. The predicted molar refractivity (Wildman–Crippen MR) is 55.4 cm³/mol. The van der Waals surface area contributed by atoms with Crippen molar-refractivity contribution >= 4 is 12.0 Å². The number of hydrogen-bond acceptors (Lipinski definition) is 3. The van der Waals surface area contributed by atoms with Crippen LogP contribution < -0.4 is 0 Å². The summed E-state index contributed by atoms with van der Waals surface area (Å²) >= 11 is 0. The van der Waals surface area contributed by atoms with Gasteiger partial charge in [-0.25, -0.2) is 4.79 Å². The van der Waals surface area contributed by atoms with E-state index in [9.17, 15) is 9.59 Å². The number of rotatable bonds is 1. The maximum atomic E-state index is 11.7. The molecule has 0 aromatic heterocycles. The Labute approximate surface area is 90.0 Å². The minimum atomic E-state index is -0.216. The van der Waals surface area contributed by atoms with E-state index in [1.54, 1.807) is 19.0 Å². The van der Waals surface area contributed by atoms with E-state index in [0.29, 0.717) is 6.54 Å². The highest BCUT2D eigenvalue weighted by atomic mass is 16.5. The van der Waals surface area contributed by atoms with Crippen LogP contribution in [0.4, 0.5) is 4.79 Å². The molecule has 0 aliphatic carbocycles. The molecule has 1 fully saturated rings. The van der Waals surface area contributed by atoms with Gasteiger partial charge in [0, 0.05) is 27.2 Å². The maximum absolute atomic E-state index is 11.7. The lowest BCUT2D eigenvalue weighted by Crippen LogP contribution is -2.46. The third-order valence-electron chi connectivity index (χ3n) is 2.61. The molecule has 2 amide bonds. The molecule has 0 bridgehead atoms. The molecule has 0 unspecified atom stereocenters. The summed E-state index contributed by atoms with van der Waals surface area (Å²) in [6.07, 6.45) is 1.67. The molecule has 1 heterocycles. The maximum Gasteiger partial charge on any atom is 0.319 e. The highest BCUT2D eigenvalue weighted by Crippen LogP contribution is 2.18. The van der Waals surface area contributed by atoms with E-state index >= 15 is 0 Å².